The average Bonchev–Trinajstić information content (AvgIpc) is 3.00. The fraction of sp³-hybridized carbons (Fsp3) is 0.438. The molecule has 0 saturated carbocycles. The minimum absolute atomic E-state index is 0.423. The molecule has 2 atom stereocenters. The minimum atomic E-state index is 0.423. The quantitative estimate of drug-likeness (QED) is 0.898. The molecular weight excluding hydrogens is 346 g/mol. The second-order valence-electron chi connectivity index (χ2n) is 5.52. The fourth-order valence-corrected chi connectivity index (χ4v) is 4.91. The number of nitrogens with one attached hydrogen (secondary N) is 1. The lowest BCUT2D eigenvalue weighted by molar-refractivity contribution is 0.474. The van der Waals surface area contributed by atoms with E-state index in [4.69, 9.17) is 0 Å². The Balaban J connectivity index is 1.87. The molecule has 1 aromatic carbocycles. The maximum atomic E-state index is 4.51. The highest BCUT2D eigenvalue weighted by molar-refractivity contribution is 9.10. The topological polar surface area (TPSA) is 29.9 Å². The lowest BCUT2D eigenvalue weighted by Crippen LogP contribution is -2.35. The van der Waals surface area contributed by atoms with Gasteiger partial charge in [-0.15, -0.1) is 11.8 Å². The molecule has 2 aromatic rings. The molecule has 0 fully saturated rings. The first-order chi connectivity index (χ1) is 10.1. The number of aromatic nitrogens is 2. The van der Waals surface area contributed by atoms with Crippen LogP contribution in [0.3, 0.4) is 0 Å². The molecule has 3 nitrogen and oxygen atoms in total. The first-order valence-corrected chi connectivity index (χ1v) is 8.96. The van der Waals surface area contributed by atoms with Gasteiger partial charge in [0.1, 0.15) is 0 Å². The Morgan fingerprint density at radius 2 is 2.24 bits per heavy atom. The molecular formula is C16H20BrN3S. The van der Waals surface area contributed by atoms with E-state index in [0.29, 0.717) is 12.0 Å². The Bertz CT molecular complexity index is 653. The third kappa shape index (κ3) is 2.79. The monoisotopic (exact) mass is 365 g/mol. The first-order valence-electron chi connectivity index (χ1n) is 7.18. The van der Waals surface area contributed by atoms with Gasteiger partial charge in [-0.05, 0) is 41.5 Å². The summed E-state index contributed by atoms with van der Waals surface area (Å²) in [6.07, 6.45) is 0.980. The molecule has 1 aliphatic heterocycles. The van der Waals surface area contributed by atoms with Gasteiger partial charge in [0.25, 0.3) is 0 Å². The van der Waals surface area contributed by atoms with Crippen LogP contribution in [0.1, 0.15) is 22.9 Å². The van der Waals surface area contributed by atoms with Crippen molar-refractivity contribution in [3.63, 3.8) is 0 Å². The predicted octanol–water partition coefficient (Wildman–Crippen LogP) is 3.51. The summed E-state index contributed by atoms with van der Waals surface area (Å²) < 4.78 is 3.14. The number of thioether (sulfide) groups is 1. The highest BCUT2D eigenvalue weighted by atomic mass is 79.9. The molecule has 0 aliphatic carbocycles. The normalized spacial score (nSPS) is 18.8. The van der Waals surface area contributed by atoms with E-state index in [9.17, 15) is 0 Å². The van der Waals surface area contributed by atoms with Crippen molar-refractivity contribution in [1.29, 1.82) is 0 Å². The van der Waals surface area contributed by atoms with Crippen molar-refractivity contribution >= 4 is 27.7 Å². The lowest BCUT2D eigenvalue weighted by Gasteiger charge is -2.24. The van der Waals surface area contributed by atoms with Gasteiger partial charge < -0.3 is 5.32 Å². The molecule has 0 spiro atoms. The number of nitrogens with zero attached hydrogens (tertiary/aromatic N) is 2. The largest absolute Gasteiger partial charge is 0.316 e. The van der Waals surface area contributed by atoms with E-state index in [1.807, 2.05) is 30.4 Å². The predicted molar refractivity (Wildman–Crippen MR) is 92.1 cm³/mol. The van der Waals surface area contributed by atoms with Gasteiger partial charge in [0, 0.05) is 36.1 Å². The van der Waals surface area contributed by atoms with Crippen LogP contribution in [0, 0.1) is 6.92 Å². The molecule has 0 radical (unpaired) electrons. The third-order valence-electron chi connectivity index (χ3n) is 4.27. The summed E-state index contributed by atoms with van der Waals surface area (Å²) in [6.45, 7) is 2.04. The van der Waals surface area contributed by atoms with Gasteiger partial charge in [-0.25, -0.2) is 0 Å². The Morgan fingerprint density at radius 3 is 2.90 bits per heavy atom. The zero-order chi connectivity index (χ0) is 15.0. The lowest BCUT2D eigenvalue weighted by atomic mass is 9.90. The van der Waals surface area contributed by atoms with Crippen LogP contribution < -0.4 is 5.32 Å². The summed E-state index contributed by atoms with van der Waals surface area (Å²) >= 11 is 5.65. The van der Waals surface area contributed by atoms with Crippen LogP contribution in [0.2, 0.25) is 0 Å². The Morgan fingerprint density at radius 1 is 1.48 bits per heavy atom. The molecule has 0 bridgehead atoms. The second kappa shape index (κ2) is 6.15. The number of benzene rings is 1. The zero-order valence-electron chi connectivity index (χ0n) is 12.6. The van der Waals surface area contributed by atoms with E-state index < -0.39 is 0 Å². The highest BCUT2D eigenvalue weighted by Crippen LogP contribution is 2.41. The molecule has 112 valence electrons. The summed E-state index contributed by atoms with van der Waals surface area (Å²) in [7, 11) is 4.09. The van der Waals surface area contributed by atoms with E-state index >= 15 is 0 Å². The van der Waals surface area contributed by atoms with E-state index in [1.54, 1.807) is 0 Å². The van der Waals surface area contributed by atoms with E-state index in [-0.39, 0.29) is 0 Å². The number of hydrogen-bond acceptors (Lipinski definition) is 3. The molecule has 0 saturated heterocycles. The maximum absolute atomic E-state index is 4.51. The van der Waals surface area contributed by atoms with Crippen molar-refractivity contribution in [2.75, 3.05) is 12.8 Å². The van der Waals surface area contributed by atoms with Gasteiger partial charge in [0.05, 0.1) is 15.9 Å². The summed E-state index contributed by atoms with van der Waals surface area (Å²) in [6, 6.07) is 9.20. The standard InChI is InChI=1S/C16H20BrN3S/c1-10-16(17)14(20(3)19-10)8-13(18-2)12-9-21-15-7-5-4-6-11(12)15/h4-7,12-13,18H,8-9H2,1-3H3. The molecule has 1 aromatic heterocycles. The SMILES string of the molecule is CNC(Cc1c(Br)c(C)nn1C)C1CSc2ccccc21. The van der Waals surface area contributed by atoms with Crippen molar-refractivity contribution in [1.82, 2.24) is 15.1 Å². The second-order valence-corrected chi connectivity index (χ2v) is 7.38. The Labute approximate surface area is 138 Å². The molecule has 2 unspecified atom stereocenters. The van der Waals surface area contributed by atoms with Crippen LogP contribution in [0.5, 0.6) is 0 Å². The van der Waals surface area contributed by atoms with Crippen molar-refractivity contribution in [2.24, 2.45) is 7.05 Å². The van der Waals surface area contributed by atoms with E-state index in [2.05, 4.69) is 57.7 Å². The van der Waals surface area contributed by atoms with Crippen LogP contribution >= 0.6 is 27.7 Å². The van der Waals surface area contributed by atoms with Crippen LogP contribution in [0.15, 0.2) is 33.6 Å². The summed E-state index contributed by atoms with van der Waals surface area (Å²) in [4.78, 5) is 1.43. The molecule has 2 heterocycles. The number of fused-ring (bicyclic) bond motifs is 1. The van der Waals surface area contributed by atoms with Crippen molar-refractivity contribution < 1.29 is 0 Å². The molecule has 1 aliphatic rings. The minimum Gasteiger partial charge on any atom is -0.316 e. The number of halogens is 1. The average molecular weight is 366 g/mol. The smallest absolute Gasteiger partial charge is 0.0738 e. The number of rotatable bonds is 4. The van der Waals surface area contributed by atoms with Gasteiger partial charge >= 0.3 is 0 Å². The van der Waals surface area contributed by atoms with Crippen molar-refractivity contribution in [2.45, 2.75) is 30.2 Å². The Hall–Kier alpha value is -0.780. The molecule has 0 amide bonds. The van der Waals surface area contributed by atoms with Crippen molar-refractivity contribution in [3.05, 3.63) is 45.7 Å². The van der Waals surface area contributed by atoms with Gasteiger partial charge in [-0.2, -0.15) is 5.10 Å². The summed E-state index contributed by atoms with van der Waals surface area (Å²) in [5, 5.41) is 8.03. The van der Waals surface area contributed by atoms with E-state index in [1.165, 1.54) is 16.2 Å². The van der Waals surface area contributed by atoms with Crippen LogP contribution in [-0.4, -0.2) is 28.6 Å². The first kappa shape index (κ1) is 15.1. The number of likely N-dealkylation sites (N-methyl/N-ethyl adjacent to an activating group) is 1. The van der Waals surface area contributed by atoms with Crippen LogP contribution in [-0.2, 0) is 13.5 Å². The zero-order valence-corrected chi connectivity index (χ0v) is 15.0. The number of aryl methyl sites for hydroxylation is 2. The maximum Gasteiger partial charge on any atom is 0.0738 e. The summed E-state index contributed by atoms with van der Waals surface area (Å²) in [5.74, 6) is 1.71. The van der Waals surface area contributed by atoms with Gasteiger partial charge in [0.2, 0.25) is 0 Å². The molecule has 21 heavy (non-hydrogen) atoms. The van der Waals surface area contributed by atoms with Gasteiger partial charge in [-0.3, -0.25) is 4.68 Å². The number of hydrogen-bond donors (Lipinski definition) is 1. The van der Waals surface area contributed by atoms with Gasteiger partial charge in [-0.1, -0.05) is 18.2 Å². The van der Waals surface area contributed by atoms with Crippen LogP contribution in [0.4, 0.5) is 0 Å². The molecule has 1 N–H and O–H groups in total. The molecule has 5 heteroatoms. The Kier molecular flexibility index (Phi) is 4.43. The van der Waals surface area contributed by atoms with E-state index in [0.717, 1.165) is 22.3 Å². The van der Waals surface area contributed by atoms with Gasteiger partial charge in [0.15, 0.2) is 0 Å². The van der Waals surface area contributed by atoms with Crippen LogP contribution in [0.25, 0.3) is 0 Å². The highest BCUT2D eigenvalue weighted by Gasteiger charge is 2.30. The molecule has 3 rings (SSSR count). The third-order valence-corrected chi connectivity index (χ3v) is 6.51. The fourth-order valence-electron chi connectivity index (χ4n) is 3.08. The van der Waals surface area contributed by atoms with Crippen molar-refractivity contribution in [3.8, 4) is 0 Å². The summed E-state index contributed by atoms with van der Waals surface area (Å²) in [5.41, 5.74) is 3.81.